The molecule has 0 spiro atoms. The van der Waals surface area contributed by atoms with Crippen LogP contribution in [-0.4, -0.2) is 60.2 Å². The molecule has 38 heavy (non-hydrogen) atoms. The van der Waals surface area contributed by atoms with E-state index in [1.807, 2.05) is 54.6 Å². The first-order valence-electron chi connectivity index (χ1n) is 13.0. The summed E-state index contributed by atoms with van der Waals surface area (Å²) in [5.41, 5.74) is 3.02. The molecule has 196 valence electrons. The molecule has 0 unspecified atom stereocenters. The van der Waals surface area contributed by atoms with E-state index >= 15 is 0 Å². The summed E-state index contributed by atoms with van der Waals surface area (Å²) in [6.45, 7) is 2.82. The number of carbonyl (C=O) groups excluding carboxylic acids is 3. The minimum atomic E-state index is -0.417. The molecule has 1 N–H and O–H groups in total. The number of hydrogen-bond acceptors (Lipinski definition) is 4. The Morgan fingerprint density at radius 1 is 0.868 bits per heavy atom. The first-order chi connectivity index (χ1) is 18.5. The van der Waals surface area contributed by atoms with Gasteiger partial charge in [0.15, 0.2) is 0 Å². The van der Waals surface area contributed by atoms with Crippen LogP contribution in [0.15, 0.2) is 78.9 Å². The topological polar surface area (TPSA) is 73.0 Å². The van der Waals surface area contributed by atoms with Gasteiger partial charge in [0.2, 0.25) is 11.8 Å². The summed E-state index contributed by atoms with van der Waals surface area (Å²) in [6, 6.07) is 23.1. The Morgan fingerprint density at radius 2 is 1.58 bits per heavy atom. The van der Waals surface area contributed by atoms with Crippen LogP contribution in [0.25, 0.3) is 0 Å². The maximum Gasteiger partial charge on any atom is 0.254 e. The van der Waals surface area contributed by atoms with Crippen molar-refractivity contribution < 1.29 is 18.8 Å². The van der Waals surface area contributed by atoms with E-state index < -0.39 is 5.82 Å². The number of amides is 3. The van der Waals surface area contributed by atoms with Crippen molar-refractivity contribution in [3.63, 3.8) is 0 Å². The van der Waals surface area contributed by atoms with Crippen LogP contribution < -0.4 is 10.2 Å². The van der Waals surface area contributed by atoms with Crippen molar-refractivity contribution in [3.05, 3.63) is 95.8 Å². The van der Waals surface area contributed by atoms with Gasteiger partial charge in [-0.3, -0.25) is 14.4 Å². The molecule has 5 rings (SSSR count). The monoisotopic (exact) mass is 514 g/mol. The molecule has 0 radical (unpaired) electrons. The summed E-state index contributed by atoms with van der Waals surface area (Å²) < 4.78 is 13.5. The second-order valence-electron chi connectivity index (χ2n) is 9.84. The van der Waals surface area contributed by atoms with E-state index in [-0.39, 0.29) is 30.2 Å². The molecule has 1 heterocycles. The molecule has 3 aromatic rings. The van der Waals surface area contributed by atoms with Crippen molar-refractivity contribution in [2.45, 2.75) is 19.4 Å². The van der Waals surface area contributed by atoms with Gasteiger partial charge in [-0.2, -0.15) is 0 Å². The zero-order chi connectivity index (χ0) is 26.5. The highest BCUT2D eigenvalue weighted by atomic mass is 19.1. The van der Waals surface area contributed by atoms with Crippen LogP contribution in [0.2, 0.25) is 0 Å². The van der Waals surface area contributed by atoms with Gasteiger partial charge < -0.3 is 20.0 Å². The van der Waals surface area contributed by atoms with Crippen molar-refractivity contribution in [1.82, 2.24) is 9.80 Å². The lowest BCUT2D eigenvalue weighted by molar-refractivity contribution is -0.136. The van der Waals surface area contributed by atoms with Crippen molar-refractivity contribution in [3.8, 4) is 0 Å². The fourth-order valence-corrected chi connectivity index (χ4v) is 4.71. The molecule has 1 aliphatic carbocycles. The van der Waals surface area contributed by atoms with Crippen LogP contribution in [0.1, 0.15) is 28.8 Å². The molecule has 2 aliphatic rings. The lowest BCUT2D eigenvalue weighted by Crippen LogP contribution is -2.48. The zero-order valence-electron chi connectivity index (χ0n) is 21.2. The molecule has 1 saturated carbocycles. The minimum Gasteiger partial charge on any atom is -0.368 e. The molecule has 8 heteroatoms. The SMILES string of the molecule is O=C(CN(Cc1ccccc1)C(=O)C1CC1)Nc1ccc(N2CCN(C(=O)c3cccc(F)c3)CC2)cc1. The van der Waals surface area contributed by atoms with E-state index in [1.165, 1.54) is 12.1 Å². The number of carbonyl (C=O) groups is 3. The molecule has 1 aliphatic heterocycles. The van der Waals surface area contributed by atoms with E-state index in [9.17, 15) is 18.8 Å². The Labute approximate surface area is 221 Å². The largest absolute Gasteiger partial charge is 0.368 e. The molecule has 0 atom stereocenters. The van der Waals surface area contributed by atoms with Gasteiger partial charge >= 0.3 is 0 Å². The molecule has 3 amide bonds. The second-order valence-corrected chi connectivity index (χ2v) is 9.84. The summed E-state index contributed by atoms with van der Waals surface area (Å²) in [5, 5.41) is 2.91. The number of rotatable bonds is 8. The maximum absolute atomic E-state index is 13.5. The standard InChI is InChI=1S/C30H31FN4O3/c31-25-8-4-7-24(19-25)30(38)34-17-15-33(16-18-34)27-13-11-26(12-14-27)32-28(36)21-35(29(37)23-9-10-23)20-22-5-2-1-3-6-22/h1-8,11-14,19,23H,9-10,15-18,20-21H2,(H,32,36). The normalized spacial score (nSPS) is 15.2. The third kappa shape index (κ3) is 6.37. The van der Waals surface area contributed by atoms with E-state index in [1.54, 1.807) is 21.9 Å². The number of benzene rings is 3. The average molecular weight is 515 g/mol. The van der Waals surface area contributed by atoms with Crippen molar-refractivity contribution in [2.75, 3.05) is 42.9 Å². The summed E-state index contributed by atoms with van der Waals surface area (Å²) in [6.07, 6.45) is 1.78. The molecule has 1 saturated heterocycles. The second kappa shape index (κ2) is 11.5. The Morgan fingerprint density at radius 3 is 2.24 bits per heavy atom. The Hall–Kier alpha value is -4.20. The molecule has 7 nitrogen and oxygen atoms in total. The van der Waals surface area contributed by atoms with Gasteiger partial charge in [0, 0.05) is 55.6 Å². The van der Waals surface area contributed by atoms with Crippen LogP contribution in [0.4, 0.5) is 15.8 Å². The van der Waals surface area contributed by atoms with Gasteiger partial charge in [-0.15, -0.1) is 0 Å². The lowest BCUT2D eigenvalue weighted by Gasteiger charge is -2.36. The predicted octanol–water partition coefficient (Wildman–Crippen LogP) is 4.17. The van der Waals surface area contributed by atoms with Crippen molar-refractivity contribution in [2.24, 2.45) is 5.92 Å². The Balaban J connectivity index is 1.14. The highest BCUT2D eigenvalue weighted by Gasteiger charge is 2.34. The molecular formula is C30H31FN4O3. The third-order valence-electron chi connectivity index (χ3n) is 6.94. The smallest absolute Gasteiger partial charge is 0.254 e. The van der Waals surface area contributed by atoms with E-state index in [2.05, 4.69) is 10.2 Å². The van der Waals surface area contributed by atoms with E-state index in [4.69, 9.17) is 0 Å². The quantitative estimate of drug-likeness (QED) is 0.490. The molecule has 0 aromatic heterocycles. The summed E-state index contributed by atoms with van der Waals surface area (Å²) in [4.78, 5) is 43.8. The molecular weight excluding hydrogens is 483 g/mol. The van der Waals surface area contributed by atoms with Crippen LogP contribution >= 0.6 is 0 Å². The van der Waals surface area contributed by atoms with Gasteiger partial charge in [0.25, 0.3) is 5.91 Å². The third-order valence-corrected chi connectivity index (χ3v) is 6.94. The molecule has 0 bridgehead atoms. The molecule has 2 fully saturated rings. The number of nitrogens with zero attached hydrogens (tertiary/aromatic N) is 3. The fourth-order valence-electron chi connectivity index (χ4n) is 4.71. The minimum absolute atomic E-state index is 0.00722. The van der Waals surface area contributed by atoms with E-state index in [0.29, 0.717) is 44.0 Å². The van der Waals surface area contributed by atoms with Gasteiger partial charge in [-0.05, 0) is 60.9 Å². The number of hydrogen-bond donors (Lipinski definition) is 1. The van der Waals surface area contributed by atoms with Crippen LogP contribution in [0.5, 0.6) is 0 Å². The van der Waals surface area contributed by atoms with Crippen LogP contribution in [-0.2, 0) is 16.1 Å². The average Bonchev–Trinajstić information content (AvgIpc) is 3.79. The first-order valence-corrected chi connectivity index (χ1v) is 13.0. The van der Waals surface area contributed by atoms with Crippen LogP contribution in [0.3, 0.4) is 0 Å². The number of halogens is 1. The lowest BCUT2D eigenvalue weighted by atomic mass is 10.1. The van der Waals surface area contributed by atoms with Gasteiger partial charge in [-0.1, -0.05) is 36.4 Å². The molecule has 3 aromatic carbocycles. The Kier molecular flexibility index (Phi) is 7.67. The maximum atomic E-state index is 13.5. The van der Waals surface area contributed by atoms with Crippen molar-refractivity contribution in [1.29, 1.82) is 0 Å². The van der Waals surface area contributed by atoms with E-state index in [0.717, 1.165) is 24.1 Å². The number of anilines is 2. The number of piperazine rings is 1. The van der Waals surface area contributed by atoms with Gasteiger partial charge in [0.05, 0.1) is 0 Å². The first kappa shape index (κ1) is 25.4. The highest BCUT2D eigenvalue weighted by Crippen LogP contribution is 2.31. The summed E-state index contributed by atoms with van der Waals surface area (Å²) in [7, 11) is 0. The Bertz CT molecular complexity index is 1290. The van der Waals surface area contributed by atoms with Gasteiger partial charge in [-0.25, -0.2) is 4.39 Å². The zero-order valence-corrected chi connectivity index (χ0v) is 21.2. The van der Waals surface area contributed by atoms with Gasteiger partial charge in [0.1, 0.15) is 12.4 Å². The number of nitrogens with one attached hydrogen (secondary N) is 1. The highest BCUT2D eigenvalue weighted by molar-refractivity contribution is 5.95. The fraction of sp³-hybridized carbons (Fsp3) is 0.300. The van der Waals surface area contributed by atoms with Crippen molar-refractivity contribution >= 4 is 29.1 Å². The predicted molar refractivity (Wildman–Crippen MR) is 144 cm³/mol. The van der Waals surface area contributed by atoms with Crippen LogP contribution in [0, 0.1) is 11.7 Å². The summed E-state index contributed by atoms with van der Waals surface area (Å²) in [5.74, 6) is -0.735. The summed E-state index contributed by atoms with van der Waals surface area (Å²) >= 11 is 0.